The molecule has 1 aromatic rings. The SMILES string of the molecule is C[C@H](O[Si](C)(C)C(C)(C)C)[C@@H]1C(=O)N2C(C(=S)OCc3ccc([N+](=O)[O-])cc3)=C([C@H]3CCN(CCF)C3)S[C@H]12. The number of benzene rings is 1. The number of likely N-dealkylation sites (tertiary alicyclic amines) is 1. The quantitative estimate of drug-likeness (QED) is 0.109. The molecule has 4 rings (SSSR count). The van der Waals surface area contributed by atoms with E-state index in [1.165, 1.54) is 12.1 Å². The number of thiocarbonyl (C=S) groups is 1. The summed E-state index contributed by atoms with van der Waals surface area (Å²) in [5.41, 5.74) is 1.40. The Bertz CT molecular complexity index is 1160. The molecule has 12 heteroatoms. The van der Waals surface area contributed by atoms with E-state index in [0.717, 1.165) is 30.0 Å². The molecule has 0 radical (unpaired) electrons. The Hall–Kier alpha value is -1.86. The smallest absolute Gasteiger partial charge is 0.269 e. The molecule has 3 aliphatic rings. The molecule has 0 aliphatic carbocycles. The maximum Gasteiger partial charge on any atom is 0.269 e. The fourth-order valence-corrected chi connectivity index (χ4v) is 8.60. The van der Waals surface area contributed by atoms with Crippen molar-refractivity contribution in [1.29, 1.82) is 0 Å². The number of hydrogen-bond acceptors (Lipinski definition) is 8. The molecule has 39 heavy (non-hydrogen) atoms. The first-order valence-electron chi connectivity index (χ1n) is 13.4. The highest BCUT2D eigenvalue weighted by Crippen LogP contribution is 2.55. The number of ether oxygens (including phenoxy) is 1. The van der Waals surface area contributed by atoms with Crippen LogP contribution in [0.25, 0.3) is 0 Å². The zero-order chi connectivity index (χ0) is 28.7. The van der Waals surface area contributed by atoms with Gasteiger partial charge in [0.1, 0.15) is 24.4 Å². The van der Waals surface area contributed by atoms with Crippen LogP contribution in [0.3, 0.4) is 0 Å². The topological polar surface area (TPSA) is 85.1 Å². The molecule has 8 nitrogen and oxygen atoms in total. The van der Waals surface area contributed by atoms with E-state index in [9.17, 15) is 19.3 Å². The van der Waals surface area contributed by atoms with Crippen molar-refractivity contribution in [2.75, 3.05) is 26.3 Å². The number of carbonyl (C=O) groups excluding carboxylic acids is 1. The highest BCUT2D eigenvalue weighted by molar-refractivity contribution is 8.04. The summed E-state index contributed by atoms with van der Waals surface area (Å²) in [6.45, 7) is 14.6. The molecule has 2 fully saturated rings. The van der Waals surface area contributed by atoms with Crippen LogP contribution in [0.4, 0.5) is 10.1 Å². The molecule has 4 atom stereocenters. The number of rotatable bonds is 10. The van der Waals surface area contributed by atoms with Gasteiger partial charge in [-0.1, -0.05) is 20.8 Å². The maximum absolute atomic E-state index is 13.6. The van der Waals surface area contributed by atoms with Crippen LogP contribution in [0.2, 0.25) is 18.1 Å². The van der Waals surface area contributed by atoms with Crippen molar-refractivity contribution in [2.24, 2.45) is 11.8 Å². The molecule has 2 saturated heterocycles. The minimum Gasteiger partial charge on any atom is -0.477 e. The van der Waals surface area contributed by atoms with Crippen LogP contribution < -0.4 is 0 Å². The third-order valence-electron chi connectivity index (χ3n) is 8.35. The second-order valence-electron chi connectivity index (χ2n) is 12.0. The number of amides is 1. The summed E-state index contributed by atoms with van der Waals surface area (Å²) in [5, 5.41) is 11.1. The van der Waals surface area contributed by atoms with Crippen molar-refractivity contribution in [2.45, 2.75) is 70.3 Å². The number of non-ortho nitro benzene ring substituents is 1. The van der Waals surface area contributed by atoms with Crippen LogP contribution in [0.1, 0.15) is 39.7 Å². The van der Waals surface area contributed by atoms with Gasteiger partial charge in [0.05, 0.1) is 16.9 Å². The average Bonchev–Trinajstić information content (AvgIpc) is 3.44. The highest BCUT2D eigenvalue weighted by Gasteiger charge is 2.59. The minimum absolute atomic E-state index is 0.00618. The minimum atomic E-state index is -2.08. The van der Waals surface area contributed by atoms with Crippen molar-refractivity contribution in [3.63, 3.8) is 0 Å². The van der Waals surface area contributed by atoms with Crippen molar-refractivity contribution >= 4 is 48.9 Å². The van der Waals surface area contributed by atoms with E-state index in [-0.39, 0.29) is 58.3 Å². The lowest BCUT2D eigenvalue weighted by atomic mass is 9.92. The molecule has 0 N–H and O–H groups in total. The predicted octanol–water partition coefficient (Wildman–Crippen LogP) is 5.88. The summed E-state index contributed by atoms with van der Waals surface area (Å²) in [7, 11) is -2.08. The third kappa shape index (κ3) is 6.09. The van der Waals surface area contributed by atoms with Gasteiger partial charge in [-0.25, -0.2) is 4.39 Å². The first kappa shape index (κ1) is 30.1. The van der Waals surface area contributed by atoms with E-state index >= 15 is 0 Å². The molecule has 3 aliphatic heterocycles. The number of fused-ring (bicyclic) bond motifs is 1. The number of nitro benzene ring substituents is 1. The average molecular weight is 596 g/mol. The lowest BCUT2D eigenvalue weighted by Crippen LogP contribution is -2.62. The van der Waals surface area contributed by atoms with Gasteiger partial charge in [0.25, 0.3) is 5.69 Å². The number of carbonyl (C=O) groups is 1. The standard InChI is InChI=1S/C27H38FN3O5S2Si/c1-17(36-39(5,6)27(2,3)4)21-24(32)30-22(23(38-25(21)30)19-11-13-29(15-19)14-12-28)26(37)35-16-18-7-9-20(10-8-18)31(33)34/h7-10,17,19,21,25H,11-16H2,1-6H3/t17-,19-,21+,25+/m0/s1. The Labute approximate surface area is 240 Å². The molecule has 214 valence electrons. The van der Waals surface area contributed by atoms with Gasteiger partial charge in [-0.15, -0.1) is 11.8 Å². The summed E-state index contributed by atoms with van der Waals surface area (Å²) >= 11 is 7.41. The summed E-state index contributed by atoms with van der Waals surface area (Å²) in [6.07, 6.45) is 0.639. The maximum atomic E-state index is 13.6. The van der Waals surface area contributed by atoms with E-state index < -0.39 is 13.2 Å². The van der Waals surface area contributed by atoms with Gasteiger partial charge < -0.3 is 14.1 Å². The molecule has 0 aromatic heterocycles. The number of β-lactam (4-membered cyclic amide) rings is 1. The summed E-state index contributed by atoms with van der Waals surface area (Å²) in [6, 6.07) is 6.13. The van der Waals surface area contributed by atoms with E-state index in [2.05, 4.69) is 38.8 Å². The Balaban J connectivity index is 1.53. The van der Waals surface area contributed by atoms with E-state index in [1.54, 1.807) is 28.8 Å². The van der Waals surface area contributed by atoms with Gasteiger partial charge in [-0.05, 0) is 67.9 Å². The monoisotopic (exact) mass is 595 g/mol. The molecule has 3 heterocycles. The lowest BCUT2D eigenvalue weighted by Gasteiger charge is -2.48. The second-order valence-corrected chi connectivity index (χ2v) is 18.3. The first-order valence-corrected chi connectivity index (χ1v) is 17.5. The van der Waals surface area contributed by atoms with Crippen LogP contribution in [0.5, 0.6) is 0 Å². The fraction of sp³-hybridized carbons (Fsp3) is 0.630. The van der Waals surface area contributed by atoms with Gasteiger partial charge >= 0.3 is 0 Å². The highest BCUT2D eigenvalue weighted by atomic mass is 32.2. The molecule has 0 bridgehead atoms. The number of halogens is 1. The lowest BCUT2D eigenvalue weighted by molar-refractivity contribution is -0.384. The zero-order valence-electron chi connectivity index (χ0n) is 23.4. The number of nitro groups is 1. The van der Waals surface area contributed by atoms with Gasteiger partial charge in [-0.2, -0.15) is 0 Å². The summed E-state index contributed by atoms with van der Waals surface area (Å²) in [4.78, 5) is 29.0. The third-order valence-corrected chi connectivity index (χ3v) is 14.8. The molecule has 0 saturated carbocycles. The number of nitrogens with zero attached hydrogens (tertiary/aromatic N) is 3. The van der Waals surface area contributed by atoms with Gasteiger partial charge in [0.15, 0.2) is 8.32 Å². The molecule has 1 amide bonds. The molecule has 0 unspecified atom stereocenters. The van der Waals surface area contributed by atoms with Crippen LogP contribution in [-0.2, 0) is 20.6 Å². The molecule has 1 aromatic carbocycles. The zero-order valence-corrected chi connectivity index (χ0v) is 26.1. The Kier molecular flexibility index (Phi) is 8.92. The van der Waals surface area contributed by atoms with Crippen LogP contribution in [0.15, 0.2) is 34.9 Å². The van der Waals surface area contributed by atoms with Crippen molar-refractivity contribution in [3.05, 3.63) is 50.5 Å². The molecular weight excluding hydrogens is 558 g/mol. The second kappa shape index (κ2) is 11.6. The fourth-order valence-electron chi connectivity index (χ4n) is 5.09. The summed E-state index contributed by atoms with van der Waals surface area (Å²) in [5.74, 6) is -0.144. The van der Waals surface area contributed by atoms with Crippen LogP contribution in [-0.4, -0.2) is 71.8 Å². The summed E-state index contributed by atoms with van der Waals surface area (Å²) < 4.78 is 25.6. The van der Waals surface area contributed by atoms with E-state index in [4.69, 9.17) is 21.4 Å². The van der Waals surface area contributed by atoms with Crippen molar-refractivity contribution < 1.29 is 23.3 Å². The predicted molar refractivity (Wildman–Crippen MR) is 157 cm³/mol. The molecular formula is C27H38FN3O5S2Si. The molecule has 0 spiro atoms. The number of hydrogen-bond donors (Lipinski definition) is 0. The van der Waals surface area contributed by atoms with E-state index in [0.29, 0.717) is 12.2 Å². The van der Waals surface area contributed by atoms with Crippen LogP contribution in [0, 0.1) is 22.0 Å². The van der Waals surface area contributed by atoms with Crippen molar-refractivity contribution in [3.8, 4) is 0 Å². The van der Waals surface area contributed by atoms with Gasteiger partial charge in [-0.3, -0.25) is 19.8 Å². The van der Waals surface area contributed by atoms with Crippen LogP contribution >= 0.6 is 24.0 Å². The normalized spacial score (nSPS) is 24.5. The number of thioether (sulfide) groups is 1. The number of alkyl halides is 1. The Morgan fingerprint density at radius 3 is 2.56 bits per heavy atom. The first-order chi connectivity index (χ1) is 18.2. The Morgan fingerprint density at radius 2 is 1.97 bits per heavy atom. The van der Waals surface area contributed by atoms with Gasteiger partial charge in [0, 0.05) is 36.0 Å². The van der Waals surface area contributed by atoms with Gasteiger partial charge in [0.2, 0.25) is 11.0 Å². The van der Waals surface area contributed by atoms with E-state index in [1.807, 2.05) is 6.92 Å². The Morgan fingerprint density at radius 1 is 1.31 bits per heavy atom. The van der Waals surface area contributed by atoms with Crippen molar-refractivity contribution in [1.82, 2.24) is 9.80 Å². The largest absolute Gasteiger partial charge is 0.477 e.